The van der Waals surface area contributed by atoms with Crippen LogP contribution >= 0.6 is 0 Å². The highest BCUT2D eigenvalue weighted by atomic mass is 16.1. The molecule has 1 saturated carbocycles. The van der Waals surface area contributed by atoms with E-state index in [1.54, 1.807) is 0 Å². The van der Waals surface area contributed by atoms with Crippen molar-refractivity contribution in [3.05, 3.63) is 71.3 Å². The third-order valence-electron chi connectivity index (χ3n) is 6.28. The minimum absolute atomic E-state index is 0.0756. The Labute approximate surface area is 170 Å². The molecule has 0 aliphatic heterocycles. The Hall–Kier alpha value is -2.09. The number of unbranched alkanes of at least 4 members (excludes halogenated alkanes) is 2. The lowest BCUT2D eigenvalue weighted by Crippen LogP contribution is -2.34. The summed E-state index contributed by atoms with van der Waals surface area (Å²) in [5.41, 5.74) is 4.08. The van der Waals surface area contributed by atoms with Crippen LogP contribution < -0.4 is 5.32 Å². The lowest BCUT2D eigenvalue weighted by atomic mass is 9.78. The molecule has 2 aromatic carbocycles. The first kappa shape index (κ1) is 20.6. The molecule has 0 aromatic heterocycles. The molecule has 0 heterocycles. The van der Waals surface area contributed by atoms with Gasteiger partial charge >= 0.3 is 0 Å². The lowest BCUT2D eigenvalue weighted by Gasteiger charge is -2.29. The van der Waals surface area contributed by atoms with Gasteiger partial charge in [-0.15, -0.1) is 0 Å². The summed E-state index contributed by atoms with van der Waals surface area (Å²) in [5, 5.41) is 3.21. The van der Waals surface area contributed by atoms with E-state index in [2.05, 4.69) is 55.6 Å². The van der Waals surface area contributed by atoms with Crippen LogP contribution in [0.15, 0.2) is 54.6 Å². The van der Waals surface area contributed by atoms with Gasteiger partial charge in [0.1, 0.15) is 0 Å². The van der Waals surface area contributed by atoms with Gasteiger partial charge < -0.3 is 5.32 Å². The Kier molecular flexibility index (Phi) is 7.71. The Bertz CT molecular complexity index is 714. The van der Waals surface area contributed by atoms with Crippen molar-refractivity contribution in [1.29, 1.82) is 0 Å². The van der Waals surface area contributed by atoms with Crippen molar-refractivity contribution in [3.63, 3.8) is 0 Å². The average Bonchev–Trinajstić information content (AvgIpc) is 2.75. The second-order valence-electron chi connectivity index (χ2n) is 8.39. The summed E-state index contributed by atoms with van der Waals surface area (Å²) in [5.74, 6) is 0.997. The molecule has 1 aliphatic carbocycles. The highest BCUT2D eigenvalue weighted by molar-refractivity contribution is 5.79. The number of hydrogen-bond donors (Lipinski definition) is 1. The van der Waals surface area contributed by atoms with Crippen molar-refractivity contribution >= 4 is 5.91 Å². The minimum atomic E-state index is 0.0756. The zero-order valence-corrected chi connectivity index (χ0v) is 17.5. The Morgan fingerprint density at radius 3 is 2.29 bits per heavy atom. The fourth-order valence-corrected chi connectivity index (χ4v) is 4.38. The smallest absolute Gasteiger partial charge is 0.223 e. The van der Waals surface area contributed by atoms with Crippen molar-refractivity contribution < 1.29 is 4.79 Å². The largest absolute Gasteiger partial charge is 0.349 e. The quantitative estimate of drug-likeness (QED) is 0.518. The van der Waals surface area contributed by atoms with Crippen molar-refractivity contribution in [1.82, 2.24) is 5.32 Å². The molecule has 1 fully saturated rings. The van der Waals surface area contributed by atoms with Crippen molar-refractivity contribution in [3.8, 4) is 0 Å². The molecule has 0 bridgehead atoms. The molecule has 2 heteroatoms. The van der Waals surface area contributed by atoms with Gasteiger partial charge in [0, 0.05) is 5.92 Å². The Morgan fingerprint density at radius 2 is 1.64 bits per heavy atom. The van der Waals surface area contributed by atoms with Crippen molar-refractivity contribution in [2.75, 3.05) is 0 Å². The van der Waals surface area contributed by atoms with Crippen LogP contribution in [0, 0.1) is 5.92 Å². The molecule has 150 valence electrons. The highest BCUT2D eigenvalue weighted by Crippen LogP contribution is 2.36. The van der Waals surface area contributed by atoms with Crippen LogP contribution in [0.3, 0.4) is 0 Å². The summed E-state index contributed by atoms with van der Waals surface area (Å²) in [6.45, 7) is 4.32. The van der Waals surface area contributed by atoms with Crippen molar-refractivity contribution in [2.24, 2.45) is 5.92 Å². The summed E-state index contributed by atoms with van der Waals surface area (Å²) < 4.78 is 0. The highest BCUT2D eigenvalue weighted by Gasteiger charge is 2.27. The summed E-state index contributed by atoms with van der Waals surface area (Å²) >= 11 is 0. The molecule has 1 atom stereocenters. The van der Waals surface area contributed by atoms with E-state index in [1.165, 1.54) is 42.4 Å². The molecule has 1 aliphatic rings. The minimum Gasteiger partial charge on any atom is -0.349 e. The number of carbonyl (C=O) groups excluding carboxylic acids is 1. The summed E-state index contributed by atoms with van der Waals surface area (Å²) in [6.07, 6.45) is 9.31. The first-order valence-corrected chi connectivity index (χ1v) is 11.1. The Morgan fingerprint density at radius 1 is 0.964 bits per heavy atom. The van der Waals surface area contributed by atoms with Crippen LogP contribution in [0.5, 0.6) is 0 Å². The zero-order chi connectivity index (χ0) is 19.8. The molecule has 1 N–H and O–H groups in total. The SMILES string of the molecule is CCCCCc1ccc(C2CCC(C(=O)NC(C)c3ccccc3)CC2)cc1. The summed E-state index contributed by atoms with van der Waals surface area (Å²) in [4.78, 5) is 12.7. The monoisotopic (exact) mass is 377 g/mol. The van der Waals surface area contributed by atoms with E-state index < -0.39 is 0 Å². The fraction of sp³-hybridized carbons (Fsp3) is 0.500. The van der Waals surface area contributed by atoms with E-state index in [4.69, 9.17) is 0 Å². The molecule has 0 saturated heterocycles. The van der Waals surface area contributed by atoms with Gasteiger partial charge in [-0.3, -0.25) is 4.79 Å². The predicted octanol–water partition coefficient (Wildman–Crippen LogP) is 6.57. The maximum atomic E-state index is 12.7. The average molecular weight is 378 g/mol. The first-order valence-electron chi connectivity index (χ1n) is 11.1. The molecule has 2 aromatic rings. The van der Waals surface area contributed by atoms with E-state index in [0.29, 0.717) is 5.92 Å². The van der Waals surface area contributed by atoms with E-state index in [0.717, 1.165) is 25.7 Å². The number of aryl methyl sites for hydroxylation is 1. The molecular weight excluding hydrogens is 342 g/mol. The molecule has 0 radical (unpaired) electrons. The van der Waals surface area contributed by atoms with Gasteiger partial charge in [-0.1, -0.05) is 74.4 Å². The molecule has 2 nitrogen and oxygen atoms in total. The van der Waals surface area contributed by atoms with Crippen LogP contribution in [0.2, 0.25) is 0 Å². The van der Waals surface area contributed by atoms with Gasteiger partial charge in [0.2, 0.25) is 5.91 Å². The topological polar surface area (TPSA) is 29.1 Å². The zero-order valence-electron chi connectivity index (χ0n) is 17.5. The normalized spacial score (nSPS) is 20.5. The number of hydrogen-bond acceptors (Lipinski definition) is 1. The summed E-state index contributed by atoms with van der Waals surface area (Å²) in [7, 11) is 0. The molecular formula is C26H35NO. The maximum Gasteiger partial charge on any atom is 0.223 e. The van der Waals surface area contributed by atoms with Gasteiger partial charge in [0.25, 0.3) is 0 Å². The molecule has 3 rings (SSSR count). The number of nitrogens with one attached hydrogen (secondary N) is 1. The standard InChI is InChI=1S/C26H35NO/c1-3-4-6-9-21-12-14-23(15-13-21)24-16-18-25(19-17-24)26(28)27-20(2)22-10-7-5-8-11-22/h5,7-8,10-15,20,24-25H,3-4,6,9,16-19H2,1-2H3,(H,27,28). The molecule has 1 unspecified atom stereocenters. The second-order valence-corrected chi connectivity index (χ2v) is 8.39. The summed E-state index contributed by atoms with van der Waals surface area (Å²) in [6, 6.07) is 19.6. The first-order chi connectivity index (χ1) is 13.7. The predicted molar refractivity (Wildman–Crippen MR) is 117 cm³/mol. The van der Waals surface area contributed by atoms with Gasteiger partial charge in [0.15, 0.2) is 0 Å². The van der Waals surface area contributed by atoms with Crippen LogP contribution in [0.25, 0.3) is 0 Å². The van der Waals surface area contributed by atoms with E-state index in [1.807, 2.05) is 18.2 Å². The maximum absolute atomic E-state index is 12.7. The fourth-order valence-electron chi connectivity index (χ4n) is 4.38. The van der Waals surface area contributed by atoms with Crippen molar-refractivity contribution in [2.45, 2.75) is 77.2 Å². The van der Waals surface area contributed by atoms with Gasteiger partial charge in [-0.05, 0) is 68.1 Å². The van der Waals surface area contributed by atoms with Gasteiger partial charge in [-0.25, -0.2) is 0 Å². The molecule has 1 amide bonds. The number of carbonyl (C=O) groups is 1. The van der Waals surface area contributed by atoms with Crippen LogP contribution in [0.1, 0.15) is 87.4 Å². The van der Waals surface area contributed by atoms with Gasteiger partial charge in [-0.2, -0.15) is 0 Å². The van der Waals surface area contributed by atoms with Crippen LogP contribution in [0.4, 0.5) is 0 Å². The lowest BCUT2D eigenvalue weighted by molar-refractivity contribution is -0.126. The van der Waals surface area contributed by atoms with Crippen LogP contribution in [-0.2, 0) is 11.2 Å². The van der Waals surface area contributed by atoms with Gasteiger partial charge in [0.05, 0.1) is 6.04 Å². The number of amides is 1. The Balaban J connectivity index is 1.46. The molecule has 28 heavy (non-hydrogen) atoms. The third kappa shape index (κ3) is 5.70. The number of rotatable bonds is 8. The second kappa shape index (κ2) is 10.5. The third-order valence-corrected chi connectivity index (χ3v) is 6.28. The van der Waals surface area contributed by atoms with E-state index in [9.17, 15) is 4.79 Å². The van der Waals surface area contributed by atoms with E-state index in [-0.39, 0.29) is 17.9 Å². The van der Waals surface area contributed by atoms with E-state index >= 15 is 0 Å². The number of benzene rings is 2. The molecule has 0 spiro atoms. The van der Waals surface area contributed by atoms with Crippen LogP contribution in [-0.4, -0.2) is 5.91 Å².